The van der Waals surface area contributed by atoms with Crippen molar-refractivity contribution in [1.82, 2.24) is 9.97 Å². The quantitative estimate of drug-likeness (QED) is 0.657. The summed E-state index contributed by atoms with van der Waals surface area (Å²) in [5.74, 6) is 0. The third kappa shape index (κ3) is 1.12. The molecular formula is C6H2BrClN2O. The molecule has 0 bridgehead atoms. The van der Waals surface area contributed by atoms with E-state index in [-0.39, 0.29) is 5.28 Å². The van der Waals surface area contributed by atoms with Gasteiger partial charge in [0.05, 0.1) is 10.7 Å². The molecule has 0 N–H and O–H groups in total. The van der Waals surface area contributed by atoms with Gasteiger partial charge in [0.2, 0.25) is 5.28 Å². The van der Waals surface area contributed by atoms with E-state index in [1.807, 2.05) is 0 Å². The summed E-state index contributed by atoms with van der Waals surface area (Å²) >= 11 is 8.82. The maximum absolute atomic E-state index is 5.56. The molecule has 0 aromatic carbocycles. The van der Waals surface area contributed by atoms with Gasteiger partial charge in [0.1, 0.15) is 11.8 Å². The van der Waals surface area contributed by atoms with Crippen molar-refractivity contribution in [2.45, 2.75) is 0 Å². The lowest BCUT2D eigenvalue weighted by atomic mass is 10.5. The zero-order valence-electron chi connectivity index (χ0n) is 5.21. The molecule has 0 aliphatic heterocycles. The molecule has 2 heterocycles. The Morgan fingerprint density at radius 1 is 1.55 bits per heavy atom. The lowest BCUT2D eigenvalue weighted by molar-refractivity contribution is 0.611. The average molecular weight is 233 g/mol. The van der Waals surface area contributed by atoms with Gasteiger partial charge in [0, 0.05) is 0 Å². The summed E-state index contributed by atoms with van der Waals surface area (Å²) in [5.41, 5.74) is 1.33. The zero-order chi connectivity index (χ0) is 7.84. The average Bonchev–Trinajstić information content (AvgIpc) is 2.33. The number of hydrogen-bond acceptors (Lipinski definition) is 3. The van der Waals surface area contributed by atoms with Gasteiger partial charge in [-0.3, -0.25) is 0 Å². The Hall–Kier alpha value is -0.610. The van der Waals surface area contributed by atoms with E-state index >= 15 is 0 Å². The normalized spacial score (nSPS) is 10.7. The highest BCUT2D eigenvalue weighted by Gasteiger charge is 2.04. The SMILES string of the molecule is Clc1ncc2occ(Br)c2n1. The van der Waals surface area contributed by atoms with Crippen LogP contribution in [0.4, 0.5) is 0 Å². The fraction of sp³-hybridized carbons (Fsp3) is 0. The summed E-state index contributed by atoms with van der Waals surface area (Å²) < 4.78 is 5.86. The van der Waals surface area contributed by atoms with Crippen molar-refractivity contribution in [3.05, 3.63) is 22.2 Å². The minimum Gasteiger partial charge on any atom is -0.460 e. The van der Waals surface area contributed by atoms with Crippen molar-refractivity contribution in [3.63, 3.8) is 0 Å². The second-order valence-electron chi connectivity index (χ2n) is 1.94. The molecule has 56 valence electrons. The van der Waals surface area contributed by atoms with Crippen LogP contribution >= 0.6 is 27.5 Å². The van der Waals surface area contributed by atoms with E-state index in [0.717, 1.165) is 4.47 Å². The molecule has 0 saturated heterocycles. The minimum absolute atomic E-state index is 0.222. The Bertz CT molecular complexity index is 400. The predicted molar refractivity (Wildman–Crippen MR) is 44.5 cm³/mol. The van der Waals surface area contributed by atoms with Gasteiger partial charge < -0.3 is 4.42 Å². The number of nitrogens with zero attached hydrogens (tertiary/aromatic N) is 2. The lowest BCUT2D eigenvalue weighted by Crippen LogP contribution is -1.79. The van der Waals surface area contributed by atoms with Gasteiger partial charge in [-0.15, -0.1) is 0 Å². The molecule has 11 heavy (non-hydrogen) atoms. The van der Waals surface area contributed by atoms with Crippen molar-refractivity contribution in [3.8, 4) is 0 Å². The maximum Gasteiger partial charge on any atom is 0.223 e. The van der Waals surface area contributed by atoms with E-state index in [1.54, 1.807) is 6.26 Å². The first-order chi connectivity index (χ1) is 5.27. The zero-order valence-corrected chi connectivity index (χ0v) is 7.56. The topological polar surface area (TPSA) is 38.9 Å². The molecule has 3 nitrogen and oxygen atoms in total. The monoisotopic (exact) mass is 232 g/mol. The third-order valence-electron chi connectivity index (χ3n) is 1.24. The van der Waals surface area contributed by atoms with Crippen molar-refractivity contribution >= 4 is 38.6 Å². The van der Waals surface area contributed by atoms with Gasteiger partial charge in [-0.25, -0.2) is 9.97 Å². The number of rotatable bonds is 0. The van der Waals surface area contributed by atoms with E-state index < -0.39 is 0 Å². The first-order valence-corrected chi connectivity index (χ1v) is 4.00. The highest BCUT2D eigenvalue weighted by atomic mass is 79.9. The Morgan fingerprint density at radius 3 is 3.18 bits per heavy atom. The van der Waals surface area contributed by atoms with Crippen molar-refractivity contribution in [2.24, 2.45) is 0 Å². The highest BCUT2D eigenvalue weighted by Crippen LogP contribution is 2.23. The highest BCUT2D eigenvalue weighted by molar-refractivity contribution is 9.10. The first kappa shape index (κ1) is 7.06. The third-order valence-corrected chi connectivity index (χ3v) is 1.99. The van der Waals surface area contributed by atoms with E-state index in [0.29, 0.717) is 11.1 Å². The summed E-state index contributed by atoms with van der Waals surface area (Å²) in [6.07, 6.45) is 3.09. The van der Waals surface area contributed by atoms with Gasteiger partial charge >= 0.3 is 0 Å². The lowest BCUT2D eigenvalue weighted by Gasteiger charge is -1.87. The van der Waals surface area contributed by atoms with Crippen LogP contribution in [0.25, 0.3) is 11.1 Å². The molecule has 0 radical (unpaired) electrons. The van der Waals surface area contributed by atoms with E-state index in [2.05, 4.69) is 25.9 Å². The number of furan rings is 1. The molecule has 2 aromatic heterocycles. The molecular weight excluding hydrogens is 231 g/mol. The van der Waals surface area contributed by atoms with E-state index in [4.69, 9.17) is 16.0 Å². The molecule has 0 spiro atoms. The second-order valence-corrected chi connectivity index (χ2v) is 3.13. The Balaban J connectivity index is 2.87. The van der Waals surface area contributed by atoms with Gasteiger partial charge in [-0.2, -0.15) is 0 Å². The number of hydrogen-bond donors (Lipinski definition) is 0. The summed E-state index contributed by atoms with van der Waals surface area (Å²) in [5, 5.41) is 0.222. The molecule has 0 amide bonds. The molecule has 2 rings (SSSR count). The van der Waals surface area contributed by atoms with Crippen LogP contribution in [0.3, 0.4) is 0 Å². The summed E-state index contributed by atoms with van der Waals surface area (Å²) in [4.78, 5) is 7.71. The number of fused-ring (bicyclic) bond motifs is 1. The Morgan fingerprint density at radius 2 is 2.36 bits per heavy atom. The van der Waals surface area contributed by atoms with Gasteiger partial charge in [-0.05, 0) is 27.5 Å². The predicted octanol–water partition coefficient (Wildman–Crippen LogP) is 2.64. The fourth-order valence-electron chi connectivity index (χ4n) is 0.778. The molecule has 0 saturated carbocycles. The maximum atomic E-state index is 5.56. The van der Waals surface area contributed by atoms with Crippen molar-refractivity contribution < 1.29 is 4.42 Å². The smallest absolute Gasteiger partial charge is 0.223 e. The van der Waals surface area contributed by atoms with Crippen LogP contribution < -0.4 is 0 Å². The number of aromatic nitrogens is 2. The van der Waals surface area contributed by atoms with Crippen LogP contribution in [0.15, 0.2) is 21.3 Å². The summed E-state index contributed by atoms with van der Waals surface area (Å²) in [6, 6.07) is 0. The fourth-order valence-corrected chi connectivity index (χ4v) is 1.29. The van der Waals surface area contributed by atoms with Crippen LogP contribution in [0.2, 0.25) is 5.28 Å². The van der Waals surface area contributed by atoms with Gasteiger partial charge in [0.15, 0.2) is 5.58 Å². The van der Waals surface area contributed by atoms with Crippen LogP contribution in [0.5, 0.6) is 0 Å². The van der Waals surface area contributed by atoms with E-state index in [1.165, 1.54) is 6.20 Å². The minimum atomic E-state index is 0.222. The Kier molecular flexibility index (Phi) is 1.58. The van der Waals surface area contributed by atoms with Gasteiger partial charge in [0.25, 0.3) is 0 Å². The molecule has 0 unspecified atom stereocenters. The van der Waals surface area contributed by atoms with Gasteiger partial charge in [-0.1, -0.05) is 0 Å². The summed E-state index contributed by atoms with van der Waals surface area (Å²) in [7, 11) is 0. The van der Waals surface area contributed by atoms with E-state index in [9.17, 15) is 0 Å². The van der Waals surface area contributed by atoms with Crippen LogP contribution in [-0.4, -0.2) is 9.97 Å². The van der Waals surface area contributed by atoms with Crippen LogP contribution in [-0.2, 0) is 0 Å². The molecule has 2 aromatic rings. The van der Waals surface area contributed by atoms with Crippen LogP contribution in [0.1, 0.15) is 0 Å². The molecule has 0 fully saturated rings. The standard InChI is InChI=1S/C6H2BrClN2O/c7-3-2-11-4-1-9-6(8)10-5(3)4/h1-2H. The van der Waals surface area contributed by atoms with Crippen molar-refractivity contribution in [2.75, 3.05) is 0 Å². The molecule has 0 aliphatic rings. The molecule has 0 aliphatic carbocycles. The largest absolute Gasteiger partial charge is 0.460 e. The number of halogens is 2. The molecule has 0 atom stereocenters. The second kappa shape index (κ2) is 2.46. The van der Waals surface area contributed by atoms with Crippen LogP contribution in [0, 0.1) is 0 Å². The summed E-state index contributed by atoms with van der Waals surface area (Å²) in [6.45, 7) is 0. The Labute approximate surface area is 75.5 Å². The molecule has 5 heteroatoms. The first-order valence-electron chi connectivity index (χ1n) is 2.82. The van der Waals surface area contributed by atoms with Crippen molar-refractivity contribution in [1.29, 1.82) is 0 Å².